The summed E-state index contributed by atoms with van der Waals surface area (Å²) < 4.78 is 16.2. The molecule has 0 aliphatic rings. The van der Waals surface area contributed by atoms with Gasteiger partial charge in [-0.25, -0.2) is 9.07 Å². The molecular weight excluding hydrogens is 323 g/mol. The third-order valence-electron chi connectivity index (χ3n) is 3.86. The molecular formula is C17H19FN6O. The Morgan fingerprint density at radius 3 is 2.64 bits per heavy atom. The first-order valence-corrected chi connectivity index (χ1v) is 7.89. The van der Waals surface area contributed by atoms with E-state index in [2.05, 4.69) is 15.4 Å². The maximum absolute atomic E-state index is 12.9. The lowest BCUT2D eigenvalue weighted by Crippen LogP contribution is -2.29. The molecule has 7 nitrogen and oxygen atoms in total. The van der Waals surface area contributed by atoms with Gasteiger partial charge in [-0.3, -0.25) is 9.48 Å². The highest BCUT2D eigenvalue weighted by Crippen LogP contribution is 2.07. The van der Waals surface area contributed by atoms with Gasteiger partial charge in [0.15, 0.2) is 5.69 Å². The Morgan fingerprint density at radius 2 is 1.96 bits per heavy atom. The molecule has 0 atom stereocenters. The Bertz CT molecular complexity index is 854. The Balaban J connectivity index is 1.58. The van der Waals surface area contributed by atoms with Crippen LogP contribution in [0.2, 0.25) is 0 Å². The number of benzene rings is 1. The van der Waals surface area contributed by atoms with Gasteiger partial charge in [0.2, 0.25) is 0 Å². The van der Waals surface area contributed by atoms with E-state index in [4.69, 9.17) is 0 Å². The molecule has 2 aromatic heterocycles. The van der Waals surface area contributed by atoms with Gasteiger partial charge in [0.05, 0.1) is 18.9 Å². The normalized spacial score (nSPS) is 10.8. The molecule has 2 heterocycles. The third kappa shape index (κ3) is 4.28. The standard InChI is InChI=1S/C17H19FN6O/c1-22(8-7-14-9-19-23(2)10-14)17(25)16-12-24(21-20-16)11-13-3-5-15(18)6-4-13/h3-6,9-10,12H,7-8,11H2,1-2H3. The van der Waals surface area contributed by atoms with E-state index < -0.39 is 0 Å². The number of carbonyl (C=O) groups excluding carboxylic acids is 1. The van der Waals surface area contributed by atoms with Gasteiger partial charge >= 0.3 is 0 Å². The fourth-order valence-corrected chi connectivity index (χ4v) is 2.45. The van der Waals surface area contributed by atoms with Crippen molar-refractivity contribution in [2.24, 2.45) is 7.05 Å². The second kappa shape index (κ2) is 7.25. The molecule has 3 rings (SSSR count). The predicted octanol–water partition coefficient (Wildman–Crippen LogP) is 1.51. The van der Waals surface area contributed by atoms with Crippen molar-refractivity contribution in [3.63, 3.8) is 0 Å². The molecule has 1 amide bonds. The van der Waals surface area contributed by atoms with Crippen molar-refractivity contribution >= 4 is 5.91 Å². The summed E-state index contributed by atoms with van der Waals surface area (Å²) in [5.41, 5.74) is 2.24. The van der Waals surface area contributed by atoms with E-state index in [0.717, 1.165) is 17.5 Å². The number of nitrogens with zero attached hydrogens (tertiary/aromatic N) is 6. The lowest BCUT2D eigenvalue weighted by atomic mass is 10.2. The fourth-order valence-electron chi connectivity index (χ4n) is 2.45. The lowest BCUT2D eigenvalue weighted by molar-refractivity contribution is 0.0790. The first-order chi connectivity index (χ1) is 12.0. The number of likely N-dealkylation sites (N-methyl/N-ethyl adjacent to an activating group) is 1. The van der Waals surface area contributed by atoms with Crippen molar-refractivity contribution in [1.29, 1.82) is 0 Å². The molecule has 3 aromatic rings. The Labute approximate surface area is 144 Å². The highest BCUT2D eigenvalue weighted by atomic mass is 19.1. The minimum atomic E-state index is -0.284. The molecule has 0 unspecified atom stereocenters. The van der Waals surface area contributed by atoms with Crippen molar-refractivity contribution in [3.8, 4) is 0 Å². The summed E-state index contributed by atoms with van der Waals surface area (Å²) in [5.74, 6) is -0.470. The molecule has 0 spiro atoms. The number of aromatic nitrogens is 5. The van der Waals surface area contributed by atoms with Crippen molar-refractivity contribution < 1.29 is 9.18 Å². The van der Waals surface area contributed by atoms with Crippen LogP contribution in [-0.2, 0) is 20.0 Å². The predicted molar refractivity (Wildman–Crippen MR) is 89.4 cm³/mol. The zero-order chi connectivity index (χ0) is 17.8. The zero-order valence-corrected chi connectivity index (χ0v) is 14.1. The van der Waals surface area contributed by atoms with Gasteiger partial charge < -0.3 is 4.90 Å². The molecule has 8 heteroatoms. The summed E-state index contributed by atoms with van der Waals surface area (Å²) >= 11 is 0. The first-order valence-electron chi connectivity index (χ1n) is 7.89. The third-order valence-corrected chi connectivity index (χ3v) is 3.86. The molecule has 0 radical (unpaired) electrons. The van der Waals surface area contributed by atoms with Gasteiger partial charge in [0.25, 0.3) is 5.91 Å². The average Bonchev–Trinajstić information content (AvgIpc) is 3.23. The van der Waals surface area contributed by atoms with Crippen LogP contribution in [0.3, 0.4) is 0 Å². The van der Waals surface area contributed by atoms with Crippen molar-refractivity contribution in [3.05, 3.63) is 65.5 Å². The van der Waals surface area contributed by atoms with Crippen molar-refractivity contribution in [2.75, 3.05) is 13.6 Å². The monoisotopic (exact) mass is 342 g/mol. The summed E-state index contributed by atoms with van der Waals surface area (Å²) in [5, 5.41) is 12.0. The van der Waals surface area contributed by atoms with E-state index in [1.807, 2.05) is 13.2 Å². The molecule has 0 fully saturated rings. The molecule has 25 heavy (non-hydrogen) atoms. The second-order valence-corrected chi connectivity index (χ2v) is 5.93. The quantitative estimate of drug-likeness (QED) is 0.681. The molecule has 0 bridgehead atoms. The summed E-state index contributed by atoms with van der Waals surface area (Å²) in [6.07, 6.45) is 6.04. The van der Waals surface area contributed by atoms with E-state index in [1.54, 1.807) is 45.8 Å². The van der Waals surface area contributed by atoms with Crippen LogP contribution in [-0.4, -0.2) is 49.2 Å². The summed E-state index contributed by atoms with van der Waals surface area (Å²) in [7, 11) is 3.59. The molecule has 0 aliphatic carbocycles. The second-order valence-electron chi connectivity index (χ2n) is 5.93. The maximum Gasteiger partial charge on any atom is 0.275 e. The zero-order valence-electron chi connectivity index (χ0n) is 14.1. The Kier molecular flexibility index (Phi) is 4.87. The number of amides is 1. The van der Waals surface area contributed by atoms with Crippen LogP contribution in [0, 0.1) is 5.82 Å². The summed E-state index contributed by atoms with van der Waals surface area (Å²) in [4.78, 5) is 14.0. The maximum atomic E-state index is 12.9. The molecule has 1 aromatic carbocycles. The number of hydrogen-bond acceptors (Lipinski definition) is 4. The number of carbonyl (C=O) groups is 1. The van der Waals surface area contributed by atoms with Crippen LogP contribution in [0.5, 0.6) is 0 Å². The fraction of sp³-hybridized carbons (Fsp3) is 0.294. The largest absolute Gasteiger partial charge is 0.340 e. The van der Waals surface area contributed by atoms with Crippen LogP contribution >= 0.6 is 0 Å². The molecule has 130 valence electrons. The van der Waals surface area contributed by atoms with Crippen molar-refractivity contribution in [2.45, 2.75) is 13.0 Å². The number of halogens is 1. The SMILES string of the molecule is CN(CCc1cnn(C)c1)C(=O)c1cn(Cc2ccc(F)cc2)nn1. The van der Waals surface area contributed by atoms with Gasteiger partial charge in [-0.1, -0.05) is 17.3 Å². The smallest absolute Gasteiger partial charge is 0.275 e. The van der Waals surface area contributed by atoms with Gasteiger partial charge in [-0.15, -0.1) is 5.10 Å². The van der Waals surface area contributed by atoms with E-state index in [1.165, 1.54) is 12.1 Å². The summed E-state index contributed by atoms with van der Waals surface area (Å²) in [6, 6.07) is 6.14. The minimum Gasteiger partial charge on any atom is -0.340 e. The number of rotatable bonds is 6. The Hall–Kier alpha value is -3.03. The van der Waals surface area contributed by atoms with Gasteiger partial charge in [0.1, 0.15) is 5.82 Å². The minimum absolute atomic E-state index is 0.186. The van der Waals surface area contributed by atoms with E-state index in [9.17, 15) is 9.18 Å². The van der Waals surface area contributed by atoms with Gasteiger partial charge in [0, 0.05) is 26.8 Å². The van der Waals surface area contributed by atoms with E-state index in [-0.39, 0.29) is 17.4 Å². The molecule has 0 N–H and O–H groups in total. The average molecular weight is 342 g/mol. The summed E-state index contributed by atoms with van der Waals surface area (Å²) in [6.45, 7) is 0.995. The molecule has 0 saturated carbocycles. The van der Waals surface area contributed by atoms with Crippen LogP contribution in [0.15, 0.2) is 42.9 Å². The molecule has 0 aliphatic heterocycles. The number of aryl methyl sites for hydroxylation is 1. The topological polar surface area (TPSA) is 68.8 Å². The van der Waals surface area contributed by atoms with Crippen LogP contribution in [0.1, 0.15) is 21.6 Å². The Morgan fingerprint density at radius 1 is 1.20 bits per heavy atom. The van der Waals surface area contributed by atoms with Gasteiger partial charge in [-0.05, 0) is 29.7 Å². The van der Waals surface area contributed by atoms with Crippen LogP contribution in [0.25, 0.3) is 0 Å². The van der Waals surface area contributed by atoms with E-state index in [0.29, 0.717) is 13.1 Å². The highest BCUT2D eigenvalue weighted by Gasteiger charge is 2.16. The number of hydrogen-bond donors (Lipinski definition) is 0. The van der Waals surface area contributed by atoms with Gasteiger partial charge in [-0.2, -0.15) is 5.10 Å². The highest BCUT2D eigenvalue weighted by molar-refractivity contribution is 5.91. The molecule has 0 saturated heterocycles. The lowest BCUT2D eigenvalue weighted by Gasteiger charge is -2.14. The van der Waals surface area contributed by atoms with Crippen LogP contribution in [0.4, 0.5) is 4.39 Å². The van der Waals surface area contributed by atoms with E-state index >= 15 is 0 Å². The van der Waals surface area contributed by atoms with Crippen molar-refractivity contribution in [1.82, 2.24) is 29.7 Å². The van der Waals surface area contributed by atoms with Crippen LogP contribution < -0.4 is 0 Å². The first kappa shape index (κ1) is 16.8.